The predicted octanol–water partition coefficient (Wildman–Crippen LogP) is 3.29. The van der Waals surface area contributed by atoms with Gasteiger partial charge in [-0.3, -0.25) is 14.2 Å². The lowest BCUT2D eigenvalue weighted by molar-refractivity contribution is -0.116. The molecule has 2 N–H and O–H groups in total. The summed E-state index contributed by atoms with van der Waals surface area (Å²) in [5.74, 6) is -0.456. The Morgan fingerprint density at radius 1 is 1.18 bits per heavy atom. The molecule has 0 saturated heterocycles. The van der Waals surface area contributed by atoms with E-state index in [1.807, 2.05) is 0 Å². The van der Waals surface area contributed by atoms with Crippen molar-refractivity contribution in [2.45, 2.75) is 55.8 Å². The molecule has 1 fully saturated rings. The molecule has 1 aromatic heterocycles. The number of benzene rings is 1. The first kappa shape index (κ1) is 18.9. The van der Waals surface area contributed by atoms with E-state index in [4.69, 9.17) is 0 Å². The lowest BCUT2D eigenvalue weighted by Gasteiger charge is -2.19. The Balaban J connectivity index is 1.61. The second-order valence-corrected chi connectivity index (χ2v) is 9.16. The van der Waals surface area contributed by atoms with Crippen LogP contribution in [0.5, 0.6) is 0 Å². The number of aromatic nitrogens is 2. The molecule has 1 aliphatic heterocycles. The Bertz CT molecular complexity index is 1030. The molecule has 0 spiro atoms. The van der Waals surface area contributed by atoms with Crippen molar-refractivity contribution in [3.63, 3.8) is 0 Å². The van der Waals surface area contributed by atoms with E-state index >= 15 is 0 Å². The standard InChI is InChI=1S/C19H23FN4O3S/c1-24-18(11-16(22-24)12-5-3-2-4-6-12)23-28(26,27)17-9-13-7-8-19(25)21-15(13)10-14(17)20/h9-12,23H,2-8H2,1H3,(H,21,25). The predicted molar refractivity (Wildman–Crippen MR) is 103 cm³/mol. The van der Waals surface area contributed by atoms with Gasteiger partial charge in [0, 0.05) is 31.1 Å². The highest BCUT2D eigenvalue weighted by Gasteiger charge is 2.26. The molecule has 9 heteroatoms. The van der Waals surface area contributed by atoms with E-state index in [0.717, 1.165) is 37.4 Å². The Morgan fingerprint density at radius 2 is 1.93 bits per heavy atom. The smallest absolute Gasteiger partial charge is 0.265 e. The molecule has 1 saturated carbocycles. The number of carbonyl (C=O) groups excluding carboxylic acids is 1. The average Bonchev–Trinajstić information content (AvgIpc) is 3.01. The summed E-state index contributed by atoms with van der Waals surface area (Å²) >= 11 is 0. The first-order valence-corrected chi connectivity index (χ1v) is 11.0. The van der Waals surface area contributed by atoms with Crippen molar-refractivity contribution in [1.82, 2.24) is 9.78 Å². The number of halogens is 1. The van der Waals surface area contributed by atoms with E-state index in [0.29, 0.717) is 29.4 Å². The average molecular weight is 406 g/mol. The molecule has 150 valence electrons. The highest BCUT2D eigenvalue weighted by molar-refractivity contribution is 7.92. The SMILES string of the molecule is Cn1nc(C2CCCCC2)cc1NS(=O)(=O)c1cc2c(cc1F)NC(=O)CC2. The van der Waals surface area contributed by atoms with E-state index in [9.17, 15) is 17.6 Å². The number of hydrogen-bond acceptors (Lipinski definition) is 4. The number of aryl methyl sites for hydroxylation is 2. The summed E-state index contributed by atoms with van der Waals surface area (Å²) < 4.78 is 44.1. The molecule has 0 bridgehead atoms. The number of anilines is 2. The highest BCUT2D eigenvalue weighted by Crippen LogP contribution is 2.34. The Labute approximate surface area is 163 Å². The maximum absolute atomic E-state index is 14.5. The van der Waals surface area contributed by atoms with Crippen molar-refractivity contribution in [3.05, 3.63) is 35.3 Å². The van der Waals surface area contributed by atoms with Gasteiger partial charge >= 0.3 is 0 Å². The topological polar surface area (TPSA) is 93.1 Å². The Hall–Kier alpha value is -2.42. The minimum atomic E-state index is -4.13. The minimum absolute atomic E-state index is 0.203. The van der Waals surface area contributed by atoms with Gasteiger partial charge in [0.15, 0.2) is 0 Å². The van der Waals surface area contributed by atoms with Crippen LogP contribution in [0.4, 0.5) is 15.9 Å². The van der Waals surface area contributed by atoms with E-state index < -0.39 is 20.7 Å². The monoisotopic (exact) mass is 406 g/mol. The molecular formula is C19H23FN4O3S. The van der Waals surface area contributed by atoms with Crippen molar-refractivity contribution < 1.29 is 17.6 Å². The molecule has 1 amide bonds. The number of carbonyl (C=O) groups is 1. The van der Waals surface area contributed by atoms with Crippen molar-refractivity contribution in [2.75, 3.05) is 10.0 Å². The third-order valence-electron chi connectivity index (χ3n) is 5.50. The molecular weight excluding hydrogens is 383 g/mol. The number of amides is 1. The summed E-state index contributed by atoms with van der Waals surface area (Å²) in [5.41, 5.74) is 1.80. The normalized spacial score (nSPS) is 17.9. The number of rotatable bonds is 4. The van der Waals surface area contributed by atoms with Crippen molar-refractivity contribution in [2.24, 2.45) is 7.05 Å². The van der Waals surface area contributed by atoms with Crippen LogP contribution >= 0.6 is 0 Å². The van der Waals surface area contributed by atoms with Crippen LogP contribution in [0.2, 0.25) is 0 Å². The fourth-order valence-corrected chi connectivity index (χ4v) is 5.15. The molecule has 2 heterocycles. The van der Waals surface area contributed by atoms with Crippen molar-refractivity contribution >= 4 is 27.4 Å². The first-order valence-electron chi connectivity index (χ1n) is 9.52. The van der Waals surface area contributed by atoms with Crippen LogP contribution in [-0.4, -0.2) is 24.1 Å². The molecule has 1 aliphatic carbocycles. The number of hydrogen-bond donors (Lipinski definition) is 2. The summed E-state index contributed by atoms with van der Waals surface area (Å²) in [6.07, 6.45) is 6.25. The molecule has 7 nitrogen and oxygen atoms in total. The van der Waals surface area contributed by atoms with Gasteiger partial charge in [-0.25, -0.2) is 12.8 Å². The van der Waals surface area contributed by atoms with Gasteiger partial charge < -0.3 is 5.32 Å². The summed E-state index contributed by atoms with van der Waals surface area (Å²) in [5, 5.41) is 7.03. The quantitative estimate of drug-likeness (QED) is 0.815. The minimum Gasteiger partial charge on any atom is -0.326 e. The van der Waals surface area contributed by atoms with Gasteiger partial charge in [-0.15, -0.1) is 0 Å². The maximum atomic E-state index is 14.5. The molecule has 1 aromatic carbocycles. The van der Waals surface area contributed by atoms with Crippen LogP contribution in [0.15, 0.2) is 23.1 Å². The van der Waals surface area contributed by atoms with Crippen LogP contribution in [0.1, 0.15) is 55.7 Å². The van der Waals surface area contributed by atoms with Crippen LogP contribution in [0, 0.1) is 5.82 Å². The van der Waals surface area contributed by atoms with Gasteiger partial charge in [0.1, 0.15) is 16.5 Å². The lowest BCUT2D eigenvalue weighted by Crippen LogP contribution is -2.21. The lowest BCUT2D eigenvalue weighted by atomic mass is 9.87. The maximum Gasteiger partial charge on any atom is 0.265 e. The number of nitrogens with zero attached hydrogens (tertiary/aromatic N) is 2. The zero-order valence-corrected chi connectivity index (χ0v) is 16.5. The summed E-state index contributed by atoms with van der Waals surface area (Å²) in [6.45, 7) is 0. The molecule has 0 unspecified atom stereocenters. The zero-order chi connectivity index (χ0) is 19.9. The van der Waals surface area contributed by atoms with Gasteiger partial charge in [-0.05, 0) is 37.0 Å². The molecule has 0 radical (unpaired) electrons. The van der Waals surface area contributed by atoms with Gasteiger partial charge in [0.2, 0.25) is 5.91 Å². The van der Waals surface area contributed by atoms with Crippen LogP contribution in [0.25, 0.3) is 0 Å². The molecule has 28 heavy (non-hydrogen) atoms. The Kier molecular flexibility index (Phi) is 4.86. The van der Waals surface area contributed by atoms with Crippen molar-refractivity contribution in [3.8, 4) is 0 Å². The van der Waals surface area contributed by atoms with Crippen LogP contribution in [0.3, 0.4) is 0 Å². The highest BCUT2D eigenvalue weighted by atomic mass is 32.2. The van der Waals surface area contributed by atoms with Gasteiger partial charge in [-0.2, -0.15) is 5.10 Å². The van der Waals surface area contributed by atoms with Crippen LogP contribution < -0.4 is 10.0 Å². The summed E-state index contributed by atoms with van der Waals surface area (Å²) in [4.78, 5) is 11.0. The molecule has 0 atom stereocenters. The Morgan fingerprint density at radius 3 is 2.68 bits per heavy atom. The molecule has 2 aromatic rings. The van der Waals surface area contributed by atoms with Gasteiger partial charge in [0.05, 0.1) is 5.69 Å². The van der Waals surface area contributed by atoms with Crippen molar-refractivity contribution in [1.29, 1.82) is 0 Å². The summed E-state index contributed by atoms with van der Waals surface area (Å²) in [6, 6.07) is 4.10. The van der Waals surface area contributed by atoms with E-state index in [1.165, 1.54) is 17.2 Å². The second-order valence-electron chi connectivity index (χ2n) is 7.51. The largest absolute Gasteiger partial charge is 0.326 e. The third-order valence-corrected chi connectivity index (χ3v) is 6.87. The molecule has 2 aliphatic rings. The van der Waals surface area contributed by atoms with E-state index in [2.05, 4.69) is 15.1 Å². The number of sulfonamides is 1. The second kappa shape index (κ2) is 7.20. The van der Waals surface area contributed by atoms with E-state index in [1.54, 1.807) is 13.1 Å². The number of nitrogens with one attached hydrogen (secondary N) is 2. The van der Waals surface area contributed by atoms with Gasteiger partial charge in [-0.1, -0.05) is 19.3 Å². The van der Waals surface area contributed by atoms with Crippen LogP contribution in [-0.2, 0) is 28.3 Å². The van der Waals surface area contributed by atoms with E-state index in [-0.39, 0.29) is 12.3 Å². The van der Waals surface area contributed by atoms with Gasteiger partial charge in [0.25, 0.3) is 10.0 Å². The summed E-state index contributed by atoms with van der Waals surface area (Å²) in [7, 11) is -2.46. The fourth-order valence-electron chi connectivity index (χ4n) is 3.96. The third kappa shape index (κ3) is 3.63. The molecule has 4 rings (SSSR count). The number of fused-ring (bicyclic) bond motifs is 1. The first-order chi connectivity index (χ1) is 13.3. The zero-order valence-electron chi connectivity index (χ0n) is 15.7. The fraction of sp³-hybridized carbons (Fsp3) is 0.474.